The Morgan fingerprint density at radius 3 is 2.89 bits per heavy atom. The van der Waals surface area contributed by atoms with E-state index in [2.05, 4.69) is 34.6 Å². The molecule has 3 heteroatoms. The monoisotopic (exact) mass is 256 g/mol. The van der Waals surface area contributed by atoms with Crippen molar-refractivity contribution in [3.63, 3.8) is 0 Å². The molecule has 0 bridgehead atoms. The second-order valence-corrected chi connectivity index (χ2v) is 6.00. The Kier molecular flexibility index (Phi) is 2.64. The van der Waals surface area contributed by atoms with Gasteiger partial charge in [-0.15, -0.1) is 0 Å². The topological polar surface area (TPSA) is 48.0 Å². The first-order chi connectivity index (χ1) is 9.31. The van der Waals surface area contributed by atoms with E-state index >= 15 is 0 Å². The number of hydrogen-bond donors (Lipinski definition) is 3. The maximum absolute atomic E-state index is 9.41. The highest BCUT2D eigenvalue weighted by Crippen LogP contribution is 2.36. The predicted molar refractivity (Wildman–Crippen MR) is 76.1 cm³/mol. The van der Waals surface area contributed by atoms with Crippen molar-refractivity contribution in [1.82, 2.24) is 10.3 Å². The minimum absolute atomic E-state index is 0.0803. The quantitative estimate of drug-likeness (QED) is 0.773. The van der Waals surface area contributed by atoms with Gasteiger partial charge in [0.05, 0.1) is 6.10 Å². The number of aromatic amines is 1. The van der Waals surface area contributed by atoms with Gasteiger partial charge in [-0.05, 0) is 43.7 Å². The summed E-state index contributed by atoms with van der Waals surface area (Å²) in [6, 6.07) is 9.54. The van der Waals surface area contributed by atoms with Crippen LogP contribution in [0.4, 0.5) is 0 Å². The number of rotatable bonds is 2. The second kappa shape index (κ2) is 4.36. The zero-order chi connectivity index (χ0) is 12.8. The van der Waals surface area contributed by atoms with E-state index in [-0.39, 0.29) is 6.10 Å². The third-order valence-electron chi connectivity index (χ3n) is 4.66. The molecule has 1 aromatic carbocycles. The maximum atomic E-state index is 9.41. The van der Waals surface area contributed by atoms with Crippen LogP contribution < -0.4 is 5.32 Å². The second-order valence-electron chi connectivity index (χ2n) is 6.00. The van der Waals surface area contributed by atoms with Gasteiger partial charge < -0.3 is 15.4 Å². The van der Waals surface area contributed by atoms with E-state index in [1.54, 1.807) is 0 Å². The van der Waals surface area contributed by atoms with Crippen LogP contribution in [0.1, 0.15) is 43.0 Å². The van der Waals surface area contributed by atoms with Crippen molar-refractivity contribution >= 4 is 10.9 Å². The summed E-state index contributed by atoms with van der Waals surface area (Å²) in [5.74, 6) is 0. The molecule has 1 fully saturated rings. The van der Waals surface area contributed by atoms with Crippen molar-refractivity contribution in [3.8, 4) is 0 Å². The predicted octanol–water partition coefficient (Wildman–Crippen LogP) is 2.66. The standard InChI is InChI=1S/C16H20N2O/c19-11-8-10(9-11)17-15-7-3-5-13-12-4-1-2-6-14(12)18-16(13)15/h1-2,4,6,10-11,15,17-19H,3,5,7-9H2. The van der Waals surface area contributed by atoms with Gasteiger partial charge in [0.15, 0.2) is 0 Å². The first kappa shape index (κ1) is 11.5. The largest absolute Gasteiger partial charge is 0.393 e. The Morgan fingerprint density at radius 2 is 2.05 bits per heavy atom. The summed E-state index contributed by atoms with van der Waals surface area (Å²) in [5, 5.41) is 14.5. The molecule has 19 heavy (non-hydrogen) atoms. The minimum Gasteiger partial charge on any atom is -0.393 e. The molecule has 0 saturated heterocycles. The molecular weight excluding hydrogens is 236 g/mol. The fourth-order valence-corrected chi connectivity index (χ4v) is 3.59. The van der Waals surface area contributed by atoms with Crippen LogP contribution in [0.3, 0.4) is 0 Å². The van der Waals surface area contributed by atoms with Gasteiger partial charge in [-0.3, -0.25) is 0 Å². The van der Waals surface area contributed by atoms with E-state index in [9.17, 15) is 5.11 Å². The molecule has 1 saturated carbocycles. The summed E-state index contributed by atoms with van der Waals surface area (Å²) in [6.07, 6.45) is 5.38. The lowest BCUT2D eigenvalue weighted by atomic mass is 9.86. The summed E-state index contributed by atoms with van der Waals surface area (Å²) in [7, 11) is 0. The lowest BCUT2D eigenvalue weighted by molar-refractivity contribution is 0.0564. The Hall–Kier alpha value is -1.32. The summed E-state index contributed by atoms with van der Waals surface area (Å²) >= 11 is 0. The van der Waals surface area contributed by atoms with Crippen LogP contribution in [0, 0.1) is 0 Å². The normalized spacial score (nSPS) is 30.1. The van der Waals surface area contributed by atoms with Crippen LogP contribution in [0.15, 0.2) is 24.3 Å². The van der Waals surface area contributed by atoms with Crippen molar-refractivity contribution in [2.24, 2.45) is 0 Å². The van der Waals surface area contributed by atoms with Crippen LogP contribution >= 0.6 is 0 Å². The number of aryl methyl sites for hydroxylation is 1. The van der Waals surface area contributed by atoms with Crippen molar-refractivity contribution in [3.05, 3.63) is 35.5 Å². The van der Waals surface area contributed by atoms with Gasteiger partial charge in [0.25, 0.3) is 0 Å². The first-order valence-electron chi connectivity index (χ1n) is 7.35. The number of nitrogens with one attached hydrogen (secondary N) is 2. The molecule has 0 aliphatic heterocycles. The average molecular weight is 256 g/mol. The van der Waals surface area contributed by atoms with Crippen molar-refractivity contribution in [1.29, 1.82) is 0 Å². The van der Waals surface area contributed by atoms with Crippen LogP contribution in [-0.4, -0.2) is 22.2 Å². The smallest absolute Gasteiger partial charge is 0.0570 e. The lowest BCUT2D eigenvalue weighted by Gasteiger charge is -2.36. The highest BCUT2D eigenvalue weighted by atomic mass is 16.3. The molecule has 3 nitrogen and oxygen atoms in total. The molecule has 1 unspecified atom stereocenters. The highest BCUT2D eigenvalue weighted by molar-refractivity contribution is 5.85. The van der Waals surface area contributed by atoms with Gasteiger partial charge in [0.2, 0.25) is 0 Å². The number of fused-ring (bicyclic) bond motifs is 3. The van der Waals surface area contributed by atoms with Crippen molar-refractivity contribution < 1.29 is 5.11 Å². The van der Waals surface area contributed by atoms with E-state index in [1.165, 1.54) is 41.4 Å². The average Bonchev–Trinajstić information content (AvgIpc) is 2.77. The number of aromatic nitrogens is 1. The van der Waals surface area contributed by atoms with Crippen LogP contribution in [-0.2, 0) is 6.42 Å². The molecule has 0 radical (unpaired) electrons. The summed E-state index contributed by atoms with van der Waals surface area (Å²) in [5.41, 5.74) is 4.14. The molecule has 2 aliphatic rings. The number of aliphatic hydroxyl groups excluding tert-OH is 1. The number of benzene rings is 1. The number of aliphatic hydroxyl groups is 1. The molecule has 100 valence electrons. The highest BCUT2D eigenvalue weighted by Gasteiger charge is 2.32. The minimum atomic E-state index is -0.0803. The van der Waals surface area contributed by atoms with Crippen LogP contribution in [0.5, 0.6) is 0 Å². The molecule has 4 rings (SSSR count). The molecule has 0 spiro atoms. The van der Waals surface area contributed by atoms with Crippen molar-refractivity contribution in [2.45, 2.75) is 50.3 Å². The van der Waals surface area contributed by atoms with Gasteiger partial charge in [0, 0.05) is 28.7 Å². The fourth-order valence-electron chi connectivity index (χ4n) is 3.59. The van der Waals surface area contributed by atoms with Gasteiger partial charge in [0.1, 0.15) is 0 Å². The molecule has 2 aliphatic carbocycles. The Morgan fingerprint density at radius 1 is 1.21 bits per heavy atom. The molecule has 1 atom stereocenters. The zero-order valence-corrected chi connectivity index (χ0v) is 11.0. The number of H-pyrrole nitrogens is 1. The molecule has 3 N–H and O–H groups in total. The Labute approximate surface area is 113 Å². The lowest BCUT2D eigenvalue weighted by Crippen LogP contribution is -2.46. The van der Waals surface area contributed by atoms with E-state index < -0.39 is 0 Å². The maximum Gasteiger partial charge on any atom is 0.0570 e. The van der Waals surface area contributed by atoms with E-state index in [0.29, 0.717) is 12.1 Å². The SMILES string of the molecule is OC1CC(NC2CCCc3c2[nH]c2ccccc32)C1. The van der Waals surface area contributed by atoms with E-state index in [1.807, 2.05) is 0 Å². The number of para-hydroxylation sites is 1. The van der Waals surface area contributed by atoms with Crippen LogP contribution in [0.2, 0.25) is 0 Å². The zero-order valence-electron chi connectivity index (χ0n) is 11.0. The Bertz CT molecular complexity index is 598. The van der Waals surface area contributed by atoms with Gasteiger partial charge in [-0.25, -0.2) is 0 Å². The van der Waals surface area contributed by atoms with Gasteiger partial charge in [-0.2, -0.15) is 0 Å². The first-order valence-corrected chi connectivity index (χ1v) is 7.35. The van der Waals surface area contributed by atoms with E-state index in [0.717, 1.165) is 12.8 Å². The third kappa shape index (κ3) is 1.88. The van der Waals surface area contributed by atoms with Gasteiger partial charge in [-0.1, -0.05) is 18.2 Å². The van der Waals surface area contributed by atoms with Crippen LogP contribution in [0.25, 0.3) is 10.9 Å². The van der Waals surface area contributed by atoms with E-state index in [4.69, 9.17) is 0 Å². The fraction of sp³-hybridized carbons (Fsp3) is 0.500. The number of hydrogen-bond acceptors (Lipinski definition) is 2. The Balaban J connectivity index is 1.66. The summed E-state index contributed by atoms with van der Waals surface area (Å²) in [6.45, 7) is 0. The summed E-state index contributed by atoms with van der Waals surface area (Å²) < 4.78 is 0. The molecule has 1 heterocycles. The third-order valence-corrected chi connectivity index (χ3v) is 4.66. The molecule has 1 aromatic heterocycles. The summed E-state index contributed by atoms with van der Waals surface area (Å²) in [4.78, 5) is 3.61. The van der Waals surface area contributed by atoms with Crippen molar-refractivity contribution in [2.75, 3.05) is 0 Å². The van der Waals surface area contributed by atoms with Gasteiger partial charge >= 0.3 is 0 Å². The molecular formula is C16H20N2O. The molecule has 2 aromatic rings. The molecule has 0 amide bonds.